The molecule has 3 N–H and O–H groups in total. The average Bonchev–Trinajstić information content (AvgIpc) is 2.62. The van der Waals surface area contributed by atoms with Crippen molar-refractivity contribution in [2.45, 2.75) is 26.8 Å². The molecule has 2 aromatic rings. The Labute approximate surface area is 155 Å². The van der Waals surface area contributed by atoms with E-state index in [9.17, 15) is 9.59 Å². The van der Waals surface area contributed by atoms with Gasteiger partial charge in [-0.1, -0.05) is 74.0 Å². The monoisotopic (exact) mass is 353 g/mol. The van der Waals surface area contributed by atoms with Crippen LogP contribution in [0.4, 0.5) is 4.79 Å². The Balaban J connectivity index is 2.00. The predicted octanol–water partition coefficient (Wildman–Crippen LogP) is 3.16. The summed E-state index contributed by atoms with van der Waals surface area (Å²) >= 11 is 0. The van der Waals surface area contributed by atoms with Crippen molar-refractivity contribution in [2.75, 3.05) is 13.1 Å². The van der Waals surface area contributed by atoms with Crippen molar-refractivity contribution in [2.24, 2.45) is 5.92 Å². The lowest BCUT2D eigenvalue weighted by molar-refractivity contribution is -0.119. The Morgan fingerprint density at radius 3 is 2.15 bits per heavy atom. The van der Waals surface area contributed by atoms with Crippen molar-refractivity contribution in [3.63, 3.8) is 0 Å². The summed E-state index contributed by atoms with van der Waals surface area (Å²) in [6.07, 6.45) is 0. The largest absolute Gasteiger partial charge is 0.338 e. The number of amides is 3. The number of hydrogen-bond acceptors (Lipinski definition) is 3. The van der Waals surface area contributed by atoms with Crippen LogP contribution in [0.1, 0.15) is 36.6 Å². The number of aryl methyl sites for hydroxylation is 1. The van der Waals surface area contributed by atoms with Crippen LogP contribution in [0.5, 0.6) is 0 Å². The van der Waals surface area contributed by atoms with Crippen molar-refractivity contribution in [3.05, 3.63) is 71.3 Å². The van der Waals surface area contributed by atoms with Gasteiger partial charge in [-0.2, -0.15) is 0 Å². The third-order valence-electron chi connectivity index (χ3n) is 3.93. The summed E-state index contributed by atoms with van der Waals surface area (Å²) in [6, 6.07) is 17.5. The molecule has 26 heavy (non-hydrogen) atoms. The van der Waals surface area contributed by atoms with Crippen LogP contribution in [0.3, 0.4) is 0 Å². The molecule has 0 radical (unpaired) electrons. The van der Waals surface area contributed by atoms with Crippen molar-refractivity contribution >= 4 is 11.9 Å². The van der Waals surface area contributed by atoms with E-state index in [-0.39, 0.29) is 18.5 Å². The molecule has 0 unspecified atom stereocenters. The molecule has 0 saturated heterocycles. The molecular formula is C21H27N3O2. The first-order valence-corrected chi connectivity index (χ1v) is 8.88. The number of rotatable bonds is 7. The fraction of sp³-hybridized carbons (Fsp3) is 0.333. The van der Waals surface area contributed by atoms with Crippen LogP contribution in [0.25, 0.3) is 0 Å². The number of nitrogens with one attached hydrogen (secondary N) is 3. The van der Waals surface area contributed by atoms with Crippen LogP contribution in [0, 0.1) is 12.8 Å². The summed E-state index contributed by atoms with van der Waals surface area (Å²) in [7, 11) is 0. The lowest BCUT2D eigenvalue weighted by atomic mass is 9.98. The Morgan fingerprint density at radius 1 is 0.923 bits per heavy atom. The number of carbonyl (C=O) groups excluding carboxylic acids is 2. The zero-order chi connectivity index (χ0) is 18.9. The normalized spacial score (nSPS) is 11.8. The second-order valence-corrected chi connectivity index (χ2v) is 6.79. The van der Waals surface area contributed by atoms with Crippen molar-refractivity contribution in [1.82, 2.24) is 16.0 Å². The molecule has 138 valence electrons. The van der Waals surface area contributed by atoms with E-state index in [4.69, 9.17) is 0 Å². The van der Waals surface area contributed by atoms with Gasteiger partial charge in [0.1, 0.15) is 0 Å². The first-order chi connectivity index (χ1) is 12.5. The van der Waals surface area contributed by atoms with Crippen molar-refractivity contribution in [3.8, 4) is 0 Å². The second kappa shape index (κ2) is 9.73. The summed E-state index contributed by atoms with van der Waals surface area (Å²) in [5.41, 5.74) is 3.31. The molecule has 0 saturated carbocycles. The molecule has 0 aliphatic heterocycles. The highest BCUT2D eigenvalue weighted by Crippen LogP contribution is 2.22. The van der Waals surface area contributed by atoms with E-state index in [1.54, 1.807) is 0 Å². The predicted molar refractivity (Wildman–Crippen MR) is 104 cm³/mol. The number of imide groups is 1. The summed E-state index contributed by atoms with van der Waals surface area (Å²) < 4.78 is 0. The molecule has 0 spiro atoms. The SMILES string of the molecule is Cc1ccc([C@H](NCC(=O)NC(=O)NCC(C)C)c2ccccc2)cc1. The smallest absolute Gasteiger partial charge is 0.321 e. The van der Waals surface area contributed by atoms with Gasteiger partial charge in [0.25, 0.3) is 0 Å². The summed E-state index contributed by atoms with van der Waals surface area (Å²) in [4.78, 5) is 23.8. The fourth-order valence-electron chi connectivity index (χ4n) is 2.54. The van der Waals surface area contributed by atoms with Crippen LogP contribution < -0.4 is 16.0 Å². The number of benzene rings is 2. The molecular weight excluding hydrogens is 326 g/mol. The quantitative estimate of drug-likeness (QED) is 0.716. The van der Waals surface area contributed by atoms with Gasteiger partial charge < -0.3 is 5.32 Å². The van der Waals surface area contributed by atoms with E-state index in [0.29, 0.717) is 12.5 Å². The van der Waals surface area contributed by atoms with E-state index in [1.165, 1.54) is 5.56 Å². The molecule has 2 rings (SSSR count). The number of urea groups is 1. The van der Waals surface area contributed by atoms with Gasteiger partial charge in [-0.3, -0.25) is 15.4 Å². The maximum absolute atomic E-state index is 12.1. The Kier molecular flexibility index (Phi) is 7.36. The van der Waals surface area contributed by atoms with E-state index in [0.717, 1.165) is 11.1 Å². The molecule has 3 amide bonds. The van der Waals surface area contributed by atoms with Gasteiger partial charge in [0.05, 0.1) is 12.6 Å². The molecule has 0 aromatic heterocycles. The van der Waals surface area contributed by atoms with Gasteiger partial charge in [0, 0.05) is 6.54 Å². The van der Waals surface area contributed by atoms with Crippen LogP contribution in [-0.2, 0) is 4.79 Å². The fourth-order valence-corrected chi connectivity index (χ4v) is 2.54. The summed E-state index contributed by atoms with van der Waals surface area (Å²) in [5, 5.41) is 8.27. The highest BCUT2D eigenvalue weighted by Gasteiger charge is 2.16. The van der Waals surface area contributed by atoms with Crippen LogP contribution in [0.15, 0.2) is 54.6 Å². The second-order valence-electron chi connectivity index (χ2n) is 6.79. The lowest BCUT2D eigenvalue weighted by Crippen LogP contribution is -2.44. The molecule has 0 fully saturated rings. The van der Waals surface area contributed by atoms with E-state index in [2.05, 4.69) is 16.0 Å². The van der Waals surface area contributed by atoms with E-state index in [1.807, 2.05) is 75.4 Å². The third kappa shape index (κ3) is 6.33. The Hall–Kier alpha value is -2.66. The van der Waals surface area contributed by atoms with Crippen LogP contribution in [-0.4, -0.2) is 25.0 Å². The molecule has 0 aliphatic rings. The maximum Gasteiger partial charge on any atom is 0.321 e. The minimum Gasteiger partial charge on any atom is -0.338 e. The standard InChI is InChI=1S/C21H27N3O2/c1-15(2)13-23-21(26)24-19(25)14-22-20(17-7-5-4-6-8-17)18-11-9-16(3)10-12-18/h4-12,15,20,22H,13-14H2,1-3H3,(H2,23,24,25,26)/t20-/m1/s1. The first kappa shape index (κ1) is 19.7. The molecule has 0 bridgehead atoms. The van der Waals surface area contributed by atoms with Gasteiger partial charge in [-0.15, -0.1) is 0 Å². The lowest BCUT2D eigenvalue weighted by Gasteiger charge is -2.20. The number of hydrogen-bond donors (Lipinski definition) is 3. The zero-order valence-electron chi connectivity index (χ0n) is 15.6. The Bertz CT molecular complexity index is 712. The minimum atomic E-state index is -0.461. The minimum absolute atomic E-state index is 0.0442. The topological polar surface area (TPSA) is 70.2 Å². The van der Waals surface area contributed by atoms with Crippen LogP contribution >= 0.6 is 0 Å². The van der Waals surface area contributed by atoms with Crippen molar-refractivity contribution < 1.29 is 9.59 Å². The van der Waals surface area contributed by atoms with Gasteiger partial charge >= 0.3 is 6.03 Å². The van der Waals surface area contributed by atoms with Gasteiger partial charge in [-0.05, 0) is 24.0 Å². The van der Waals surface area contributed by atoms with Gasteiger partial charge in [-0.25, -0.2) is 4.79 Å². The first-order valence-electron chi connectivity index (χ1n) is 8.88. The molecule has 5 heteroatoms. The third-order valence-corrected chi connectivity index (χ3v) is 3.93. The molecule has 5 nitrogen and oxygen atoms in total. The highest BCUT2D eigenvalue weighted by atomic mass is 16.2. The molecule has 1 atom stereocenters. The summed E-state index contributed by atoms with van der Waals surface area (Å²) in [6.45, 7) is 6.61. The average molecular weight is 353 g/mol. The molecule has 0 heterocycles. The van der Waals surface area contributed by atoms with E-state index < -0.39 is 6.03 Å². The Morgan fingerprint density at radius 2 is 1.54 bits per heavy atom. The van der Waals surface area contributed by atoms with Gasteiger partial charge in [0.2, 0.25) is 5.91 Å². The van der Waals surface area contributed by atoms with Gasteiger partial charge in [0.15, 0.2) is 0 Å². The maximum atomic E-state index is 12.1. The van der Waals surface area contributed by atoms with E-state index >= 15 is 0 Å². The summed E-state index contributed by atoms with van der Waals surface area (Å²) in [5.74, 6) is -0.0303. The molecule has 0 aliphatic carbocycles. The zero-order valence-corrected chi connectivity index (χ0v) is 15.6. The highest BCUT2D eigenvalue weighted by molar-refractivity contribution is 5.95. The van der Waals surface area contributed by atoms with Crippen LogP contribution in [0.2, 0.25) is 0 Å². The molecule has 2 aromatic carbocycles. The number of carbonyl (C=O) groups is 2. The van der Waals surface area contributed by atoms with Crippen molar-refractivity contribution in [1.29, 1.82) is 0 Å².